The summed E-state index contributed by atoms with van der Waals surface area (Å²) in [4.78, 5) is 16.3. The monoisotopic (exact) mass is 429 g/mol. The van der Waals surface area contributed by atoms with Crippen LogP contribution < -0.4 is 15.5 Å². The molecular weight excluding hydrogens is 406 g/mol. The van der Waals surface area contributed by atoms with Crippen LogP contribution in [0, 0.1) is 0 Å². The number of hydrogen-bond acceptors (Lipinski definition) is 8. The maximum absolute atomic E-state index is 9.07. The van der Waals surface area contributed by atoms with E-state index >= 15 is 0 Å². The van der Waals surface area contributed by atoms with Gasteiger partial charge in [-0.2, -0.15) is 10.1 Å². The number of benzene rings is 1. The summed E-state index contributed by atoms with van der Waals surface area (Å²) in [5.74, 6) is 2.21. The molecule has 0 radical (unpaired) electrons. The van der Waals surface area contributed by atoms with Crippen molar-refractivity contribution in [2.24, 2.45) is 0 Å². The molecule has 1 aromatic carbocycles. The van der Waals surface area contributed by atoms with E-state index < -0.39 is 0 Å². The molecule has 0 bridgehead atoms. The number of aliphatic hydroxyl groups excluding tert-OH is 1. The summed E-state index contributed by atoms with van der Waals surface area (Å²) < 4.78 is 3.70. The Morgan fingerprint density at radius 3 is 3.06 bits per heavy atom. The minimum Gasteiger partial charge on any atom is -0.394 e. The molecule has 6 rings (SSSR count). The number of nitrogens with zero attached hydrogens (tertiary/aromatic N) is 7. The van der Waals surface area contributed by atoms with Gasteiger partial charge < -0.3 is 20.6 Å². The third kappa shape index (κ3) is 3.16. The van der Waals surface area contributed by atoms with Crippen LogP contribution in [-0.2, 0) is 13.1 Å². The van der Waals surface area contributed by atoms with E-state index in [1.807, 2.05) is 29.4 Å². The highest BCUT2D eigenvalue weighted by Crippen LogP contribution is 2.40. The second-order valence-electron chi connectivity index (χ2n) is 7.93. The largest absolute Gasteiger partial charge is 0.394 e. The standard InChI is InChI=1S/C22H23N9O/c32-10-9-29-14-16(12-26-29)27-21-25-11-15-13-31(22-24-7-8-30(22)20(15)28-21)19-5-6-23-18-4-2-1-3-17(18)19/h1-4,7-8,11-12,14,19,23,32H,5-6,9-10,13H2,(H,25,27,28). The Kier molecular flexibility index (Phi) is 4.50. The van der Waals surface area contributed by atoms with Crippen molar-refractivity contribution in [1.82, 2.24) is 29.3 Å². The minimum atomic E-state index is 0.0396. The number of imidazole rings is 1. The van der Waals surface area contributed by atoms with E-state index in [0.717, 1.165) is 36.0 Å². The molecule has 3 N–H and O–H groups in total. The smallest absolute Gasteiger partial charge is 0.229 e. The second kappa shape index (κ2) is 7.65. The Balaban J connectivity index is 1.32. The maximum Gasteiger partial charge on any atom is 0.229 e. The van der Waals surface area contributed by atoms with Gasteiger partial charge in [-0.1, -0.05) is 18.2 Å². The molecule has 5 heterocycles. The average Bonchev–Trinajstić information content (AvgIpc) is 3.49. The van der Waals surface area contributed by atoms with E-state index in [2.05, 4.69) is 54.9 Å². The van der Waals surface area contributed by atoms with Gasteiger partial charge in [-0.3, -0.25) is 9.25 Å². The number of para-hydroxylation sites is 1. The second-order valence-corrected chi connectivity index (χ2v) is 7.93. The number of anilines is 4. The van der Waals surface area contributed by atoms with Crippen LogP contribution in [0.5, 0.6) is 0 Å². The summed E-state index contributed by atoms with van der Waals surface area (Å²) >= 11 is 0. The van der Waals surface area contributed by atoms with Gasteiger partial charge in [0.1, 0.15) is 5.82 Å². The van der Waals surface area contributed by atoms with Crippen LogP contribution in [0.3, 0.4) is 0 Å². The lowest BCUT2D eigenvalue weighted by Gasteiger charge is -2.39. The van der Waals surface area contributed by atoms with Gasteiger partial charge in [0, 0.05) is 42.6 Å². The van der Waals surface area contributed by atoms with Gasteiger partial charge in [-0.05, 0) is 18.1 Å². The van der Waals surface area contributed by atoms with Gasteiger partial charge in [-0.15, -0.1) is 0 Å². The molecule has 162 valence electrons. The van der Waals surface area contributed by atoms with Gasteiger partial charge in [0.05, 0.1) is 37.6 Å². The normalized spacial score (nSPS) is 16.7. The van der Waals surface area contributed by atoms with E-state index in [4.69, 9.17) is 10.1 Å². The number of rotatable bonds is 5. The zero-order valence-electron chi connectivity index (χ0n) is 17.4. The zero-order chi connectivity index (χ0) is 21.5. The number of nitrogens with one attached hydrogen (secondary N) is 2. The molecule has 4 aromatic rings. The van der Waals surface area contributed by atoms with Crippen molar-refractivity contribution in [1.29, 1.82) is 0 Å². The highest BCUT2D eigenvalue weighted by molar-refractivity contribution is 5.60. The van der Waals surface area contributed by atoms with Gasteiger partial charge in [0.2, 0.25) is 11.9 Å². The van der Waals surface area contributed by atoms with Crippen molar-refractivity contribution in [3.8, 4) is 5.82 Å². The van der Waals surface area contributed by atoms with Crippen LogP contribution >= 0.6 is 0 Å². The summed E-state index contributed by atoms with van der Waals surface area (Å²) in [5.41, 5.74) is 4.29. The van der Waals surface area contributed by atoms with E-state index in [1.54, 1.807) is 10.9 Å². The van der Waals surface area contributed by atoms with Crippen molar-refractivity contribution >= 4 is 23.3 Å². The first-order chi connectivity index (χ1) is 15.8. The van der Waals surface area contributed by atoms with Crippen molar-refractivity contribution in [3.63, 3.8) is 0 Å². The number of hydrogen-bond donors (Lipinski definition) is 3. The molecule has 0 aliphatic carbocycles. The summed E-state index contributed by atoms with van der Waals surface area (Å²) in [6, 6.07) is 8.71. The molecular formula is C22H23N9O. The number of fused-ring (bicyclic) bond motifs is 4. The fourth-order valence-corrected chi connectivity index (χ4v) is 4.51. The van der Waals surface area contributed by atoms with Crippen molar-refractivity contribution in [3.05, 3.63) is 66.4 Å². The first-order valence-electron chi connectivity index (χ1n) is 10.7. The van der Waals surface area contributed by atoms with Gasteiger partial charge >= 0.3 is 0 Å². The van der Waals surface area contributed by atoms with E-state index in [-0.39, 0.29) is 12.6 Å². The van der Waals surface area contributed by atoms with Crippen LogP contribution in [0.1, 0.15) is 23.6 Å². The lowest BCUT2D eigenvalue weighted by atomic mass is 9.96. The number of aromatic nitrogens is 6. The van der Waals surface area contributed by atoms with Gasteiger partial charge in [-0.25, -0.2) is 9.97 Å². The summed E-state index contributed by atoms with van der Waals surface area (Å²) in [7, 11) is 0. The third-order valence-electron chi connectivity index (χ3n) is 5.94. The molecule has 2 aliphatic rings. The SMILES string of the molecule is OCCn1cc(Nc2ncc3c(n2)-n2ccnc2N(C2CCNc4ccccc42)C3)cn1. The third-order valence-corrected chi connectivity index (χ3v) is 5.94. The van der Waals surface area contributed by atoms with Crippen LogP contribution in [0.4, 0.5) is 23.3 Å². The molecule has 1 unspecified atom stereocenters. The Bertz CT molecular complexity index is 1260. The highest BCUT2D eigenvalue weighted by atomic mass is 16.3. The lowest BCUT2D eigenvalue weighted by molar-refractivity contribution is 0.269. The Morgan fingerprint density at radius 2 is 2.12 bits per heavy atom. The van der Waals surface area contributed by atoms with E-state index in [9.17, 15) is 0 Å². The van der Waals surface area contributed by atoms with Crippen LogP contribution in [0.2, 0.25) is 0 Å². The lowest BCUT2D eigenvalue weighted by Crippen LogP contribution is -2.37. The predicted molar refractivity (Wildman–Crippen MR) is 120 cm³/mol. The van der Waals surface area contributed by atoms with Crippen molar-refractivity contribution in [2.45, 2.75) is 25.6 Å². The van der Waals surface area contributed by atoms with E-state index in [1.165, 1.54) is 11.3 Å². The average molecular weight is 429 g/mol. The molecule has 0 spiro atoms. The van der Waals surface area contributed by atoms with Crippen LogP contribution in [-0.4, -0.2) is 47.6 Å². The molecule has 10 nitrogen and oxygen atoms in total. The van der Waals surface area contributed by atoms with Crippen molar-refractivity contribution < 1.29 is 5.11 Å². The molecule has 0 saturated heterocycles. The molecule has 10 heteroatoms. The fraction of sp³-hybridized carbons (Fsp3) is 0.273. The summed E-state index contributed by atoms with van der Waals surface area (Å²) in [5, 5.41) is 20.0. The Hall–Kier alpha value is -3.92. The van der Waals surface area contributed by atoms with Crippen molar-refractivity contribution in [2.75, 3.05) is 28.7 Å². The minimum absolute atomic E-state index is 0.0396. The molecule has 3 aromatic heterocycles. The molecule has 0 saturated carbocycles. The zero-order valence-corrected chi connectivity index (χ0v) is 17.4. The fourth-order valence-electron chi connectivity index (χ4n) is 4.51. The Labute approximate surface area is 184 Å². The first-order valence-corrected chi connectivity index (χ1v) is 10.7. The first kappa shape index (κ1) is 18.8. The van der Waals surface area contributed by atoms with E-state index in [0.29, 0.717) is 19.0 Å². The summed E-state index contributed by atoms with van der Waals surface area (Å²) in [6.07, 6.45) is 10.2. The Morgan fingerprint density at radius 1 is 1.19 bits per heavy atom. The topological polar surface area (TPSA) is 109 Å². The molecule has 32 heavy (non-hydrogen) atoms. The van der Waals surface area contributed by atoms with Gasteiger partial charge in [0.25, 0.3) is 0 Å². The number of aliphatic hydroxyl groups is 1. The highest BCUT2D eigenvalue weighted by Gasteiger charge is 2.33. The van der Waals surface area contributed by atoms with Gasteiger partial charge in [0.15, 0.2) is 0 Å². The van der Waals surface area contributed by atoms with Crippen LogP contribution in [0.25, 0.3) is 5.82 Å². The molecule has 0 amide bonds. The molecule has 0 fully saturated rings. The summed E-state index contributed by atoms with van der Waals surface area (Å²) in [6.45, 7) is 2.10. The molecule has 1 atom stereocenters. The predicted octanol–water partition coefficient (Wildman–Crippen LogP) is 2.47. The quantitative estimate of drug-likeness (QED) is 0.444. The van der Waals surface area contributed by atoms with Crippen LogP contribution in [0.15, 0.2) is 55.2 Å². The maximum atomic E-state index is 9.07. The molecule has 2 aliphatic heterocycles.